The van der Waals surface area contributed by atoms with Crippen molar-refractivity contribution in [1.82, 2.24) is 0 Å². The topological polar surface area (TPSA) is 64.7 Å². The fraction of sp³-hybridized carbons (Fsp3) is 0.250. The van der Waals surface area contributed by atoms with Crippen LogP contribution < -0.4 is 10.6 Å². The summed E-state index contributed by atoms with van der Waals surface area (Å²) in [4.78, 5) is 4.48. The zero-order valence-electron chi connectivity index (χ0n) is 7.08. The van der Waals surface area contributed by atoms with Crippen molar-refractivity contribution in [3.8, 4) is 11.5 Å². The van der Waals surface area contributed by atoms with Gasteiger partial charge in [0.2, 0.25) is 0 Å². The predicted molar refractivity (Wildman–Crippen MR) is 51.3 cm³/mol. The summed E-state index contributed by atoms with van der Waals surface area (Å²) in [5, 5.41) is 9.36. The fourth-order valence-electron chi connectivity index (χ4n) is 0.949. The average molecular weight is 248 g/mol. The van der Waals surface area contributed by atoms with E-state index in [0.717, 1.165) is 10.0 Å². The highest BCUT2D eigenvalue weighted by Crippen LogP contribution is 2.32. The standard InChI is InChI=1S/C8H10BrNO3/c1-12-8-2-5(4-13-10)6(9)3-7(8)11/h2-3,11H,4,10H2,1H3. The van der Waals surface area contributed by atoms with Gasteiger partial charge in [0.05, 0.1) is 13.7 Å². The van der Waals surface area contributed by atoms with Crippen LogP contribution in [0.1, 0.15) is 5.56 Å². The maximum absolute atomic E-state index is 9.36. The zero-order valence-corrected chi connectivity index (χ0v) is 8.67. The van der Waals surface area contributed by atoms with Crippen molar-refractivity contribution in [3.05, 3.63) is 22.2 Å². The van der Waals surface area contributed by atoms with Crippen LogP contribution in [-0.2, 0) is 11.4 Å². The third-order valence-electron chi connectivity index (χ3n) is 1.59. The highest BCUT2D eigenvalue weighted by molar-refractivity contribution is 9.10. The first kappa shape index (κ1) is 10.3. The second-order valence-corrected chi connectivity index (χ2v) is 3.28. The Morgan fingerprint density at radius 3 is 2.77 bits per heavy atom. The summed E-state index contributed by atoms with van der Waals surface area (Å²) in [6.45, 7) is 0.261. The Kier molecular flexibility index (Phi) is 3.53. The summed E-state index contributed by atoms with van der Waals surface area (Å²) in [5.41, 5.74) is 0.817. The van der Waals surface area contributed by atoms with Crippen LogP contribution in [0.5, 0.6) is 11.5 Å². The van der Waals surface area contributed by atoms with Crippen molar-refractivity contribution < 1.29 is 14.7 Å². The minimum Gasteiger partial charge on any atom is -0.504 e. The molecule has 0 heterocycles. The van der Waals surface area contributed by atoms with E-state index in [9.17, 15) is 5.11 Å². The SMILES string of the molecule is COc1cc(CON)c(Br)cc1O. The molecule has 0 spiro atoms. The molecule has 5 heteroatoms. The average Bonchev–Trinajstić information content (AvgIpc) is 2.10. The van der Waals surface area contributed by atoms with Crippen LogP contribution in [0.3, 0.4) is 0 Å². The molecule has 0 aliphatic rings. The lowest BCUT2D eigenvalue weighted by atomic mass is 10.2. The van der Waals surface area contributed by atoms with E-state index in [-0.39, 0.29) is 12.4 Å². The molecule has 0 fully saturated rings. The van der Waals surface area contributed by atoms with Crippen LogP contribution in [-0.4, -0.2) is 12.2 Å². The van der Waals surface area contributed by atoms with E-state index < -0.39 is 0 Å². The molecule has 1 aromatic rings. The van der Waals surface area contributed by atoms with Gasteiger partial charge in [-0.05, 0) is 17.7 Å². The summed E-state index contributed by atoms with van der Waals surface area (Å²) in [6.07, 6.45) is 0. The van der Waals surface area contributed by atoms with Gasteiger partial charge < -0.3 is 9.84 Å². The Morgan fingerprint density at radius 1 is 1.54 bits per heavy atom. The number of rotatable bonds is 3. The molecule has 1 aromatic carbocycles. The molecule has 4 nitrogen and oxygen atoms in total. The Morgan fingerprint density at radius 2 is 2.23 bits per heavy atom. The van der Waals surface area contributed by atoms with Gasteiger partial charge in [-0.25, -0.2) is 5.90 Å². The Bertz CT molecular complexity index is 304. The van der Waals surface area contributed by atoms with Crippen LogP contribution in [0, 0.1) is 0 Å². The first-order valence-corrected chi connectivity index (χ1v) is 4.35. The molecule has 0 saturated heterocycles. The molecule has 0 amide bonds. The molecule has 0 unspecified atom stereocenters. The van der Waals surface area contributed by atoms with Gasteiger partial charge >= 0.3 is 0 Å². The van der Waals surface area contributed by atoms with Crippen molar-refractivity contribution in [3.63, 3.8) is 0 Å². The summed E-state index contributed by atoms with van der Waals surface area (Å²) >= 11 is 3.26. The van der Waals surface area contributed by atoms with E-state index in [1.165, 1.54) is 13.2 Å². The molecule has 72 valence electrons. The van der Waals surface area contributed by atoms with Crippen LogP contribution in [0.4, 0.5) is 0 Å². The third kappa shape index (κ3) is 2.33. The molecule has 0 aliphatic heterocycles. The molecule has 0 bridgehead atoms. The smallest absolute Gasteiger partial charge is 0.160 e. The molecular weight excluding hydrogens is 238 g/mol. The lowest BCUT2D eigenvalue weighted by Gasteiger charge is -2.07. The maximum Gasteiger partial charge on any atom is 0.160 e. The number of hydrogen-bond donors (Lipinski definition) is 2. The molecule has 0 aliphatic carbocycles. The number of hydrogen-bond acceptors (Lipinski definition) is 4. The molecule has 0 atom stereocenters. The van der Waals surface area contributed by atoms with Crippen molar-refractivity contribution in [2.45, 2.75) is 6.61 Å². The summed E-state index contributed by atoms with van der Waals surface area (Å²) < 4.78 is 5.65. The third-order valence-corrected chi connectivity index (χ3v) is 2.32. The van der Waals surface area contributed by atoms with E-state index in [2.05, 4.69) is 20.8 Å². The van der Waals surface area contributed by atoms with Crippen LogP contribution >= 0.6 is 15.9 Å². The van der Waals surface area contributed by atoms with E-state index in [1.807, 2.05) is 0 Å². The summed E-state index contributed by atoms with van der Waals surface area (Å²) in [6, 6.07) is 3.19. The second kappa shape index (κ2) is 4.45. The molecule has 0 saturated carbocycles. The highest BCUT2D eigenvalue weighted by Gasteiger charge is 2.07. The second-order valence-electron chi connectivity index (χ2n) is 2.43. The molecule has 1 rings (SSSR count). The molecule has 3 N–H and O–H groups in total. The molecule has 0 radical (unpaired) electrons. The van der Waals surface area contributed by atoms with Gasteiger partial charge in [-0.1, -0.05) is 15.9 Å². The Hall–Kier alpha value is -0.780. The number of phenols is 1. The van der Waals surface area contributed by atoms with Gasteiger partial charge in [0.25, 0.3) is 0 Å². The van der Waals surface area contributed by atoms with E-state index in [4.69, 9.17) is 10.6 Å². The fourth-order valence-corrected chi connectivity index (χ4v) is 1.39. The van der Waals surface area contributed by atoms with Crippen LogP contribution in [0.2, 0.25) is 0 Å². The van der Waals surface area contributed by atoms with Gasteiger partial charge in [-0.3, -0.25) is 4.84 Å². The Balaban J connectivity index is 3.06. The van der Waals surface area contributed by atoms with E-state index in [0.29, 0.717) is 5.75 Å². The summed E-state index contributed by atoms with van der Waals surface area (Å²) in [7, 11) is 1.48. The largest absolute Gasteiger partial charge is 0.504 e. The lowest BCUT2D eigenvalue weighted by Crippen LogP contribution is -2.00. The van der Waals surface area contributed by atoms with Gasteiger partial charge in [0.15, 0.2) is 11.5 Å². The van der Waals surface area contributed by atoms with Gasteiger partial charge in [-0.15, -0.1) is 0 Å². The van der Waals surface area contributed by atoms with Crippen molar-refractivity contribution in [2.24, 2.45) is 5.90 Å². The first-order valence-electron chi connectivity index (χ1n) is 3.56. The zero-order chi connectivity index (χ0) is 9.84. The van der Waals surface area contributed by atoms with Gasteiger partial charge in [0, 0.05) is 4.47 Å². The maximum atomic E-state index is 9.36. The van der Waals surface area contributed by atoms with Gasteiger partial charge in [0.1, 0.15) is 0 Å². The quantitative estimate of drug-likeness (QED) is 0.796. The molecular formula is C8H10BrNO3. The highest BCUT2D eigenvalue weighted by atomic mass is 79.9. The number of benzene rings is 1. The monoisotopic (exact) mass is 247 g/mol. The first-order chi connectivity index (χ1) is 6.19. The minimum absolute atomic E-state index is 0.0788. The van der Waals surface area contributed by atoms with E-state index >= 15 is 0 Å². The van der Waals surface area contributed by atoms with Crippen molar-refractivity contribution in [1.29, 1.82) is 0 Å². The minimum atomic E-state index is 0.0788. The van der Waals surface area contributed by atoms with Crippen LogP contribution in [0.15, 0.2) is 16.6 Å². The lowest BCUT2D eigenvalue weighted by molar-refractivity contribution is 0.123. The predicted octanol–water partition coefficient (Wildman–Crippen LogP) is 1.55. The van der Waals surface area contributed by atoms with Gasteiger partial charge in [-0.2, -0.15) is 0 Å². The summed E-state index contributed by atoms with van der Waals surface area (Å²) in [5.74, 6) is 5.41. The number of aromatic hydroxyl groups is 1. The number of ether oxygens (including phenoxy) is 1. The number of halogens is 1. The van der Waals surface area contributed by atoms with Crippen LogP contribution in [0.25, 0.3) is 0 Å². The number of phenolic OH excluding ortho intramolecular Hbond substituents is 1. The van der Waals surface area contributed by atoms with Crippen molar-refractivity contribution in [2.75, 3.05) is 7.11 Å². The normalized spacial score (nSPS) is 10.1. The molecule has 0 aromatic heterocycles. The Labute approximate surface area is 84.3 Å². The van der Waals surface area contributed by atoms with E-state index in [1.54, 1.807) is 6.07 Å². The number of methoxy groups -OCH3 is 1. The van der Waals surface area contributed by atoms with Crippen molar-refractivity contribution >= 4 is 15.9 Å². The molecule has 13 heavy (non-hydrogen) atoms. The number of nitrogens with two attached hydrogens (primary N) is 1.